The van der Waals surface area contributed by atoms with E-state index in [4.69, 9.17) is 4.74 Å². The number of nitrogens with zero attached hydrogens (tertiary/aromatic N) is 4. The van der Waals surface area contributed by atoms with E-state index in [1.165, 1.54) is 6.07 Å². The van der Waals surface area contributed by atoms with Gasteiger partial charge in [0.25, 0.3) is 0 Å². The Labute approximate surface area is 114 Å². The van der Waals surface area contributed by atoms with Gasteiger partial charge in [-0.1, -0.05) is 0 Å². The Balaban J connectivity index is 2.06. The van der Waals surface area contributed by atoms with Crippen LogP contribution in [0.4, 0.5) is 11.4 Å². The number of anilines is 1. The van der Waals surface area contributed by atoms with Crippen LogP contribution in [0.3, 0.4) is 0 Å². The van der Waals surface area contributed by atoms with Crippen LogP contribution in [0.1, 0.15) is 13.8 Å². The normalized spacial score (nSPS) is 23.2. The molecule has 1 saturated heterocycles. The first-order valence-corrected chi connectivity index (χ1v) is 6.36. The number of ether oxygens (including phenoxy) is 1. The molecule has 0 aliphatic carbocycles. The van der Waals surface area contributed by atoms with E-state index in [0.29, 0.717) is 18.6 Å². The van der Waals surface area contributed by atoms with Crippen LogP contribution in [-0.2, 0) is 4.74 Å². The van der Waals surface area contributed by atoms with Crippen molar-refractivity contribution in [3.8, 4) is 0 Å². The molecule has 1 aliphatic heterocycles. The molecule has 2 atom stereocenters. The van der Waals surface area contributed by atoms with Crippen molar-refractivity contribution in [3.05, 3.63) is 22.2 Å². The highest BCUT2D eigenvalue weighted by atomic mass is 16.6. The summed E-state index contributed by atoms with van der Waals surface area (Å²) in [5.74, 6) is 0. The Morgan fingerprint density at radius 2 is 1.90 bits per heavy atom. The molecule has 1 fully saturated rings. The van der Waals surface area contributed by atoms with E-state index in [1.54, 1.807) is 6.07 Å². The first-order chi connectivity index (χ1) is 9.56. The minimum atomic E-state index is -0.485. The molecule has 20 heavy (non-hydrogen) atoms. The molecule has 2 unspecified atom stereocenters. The van der Waals surface area contributed by atoms with Gasteiger partial charge < -0.3 is 9.64 Å². The van der Waals surface area contributed by atoms with Gasteiger partial charge in [0.05, 0.1) is 22.8 Å². The molecule has 1 aromatic heterocycles. The van der Waals surface area contributed by atoms with Crippen LogP contribution in [0.25, 0.3) is 11.0 Å². The molecule has 0 spiro atoms. The Morgan fingerprint density at radius 1 is 1.25 bits per heavy atom. The molecule has 0 amide bonds. The van der Waals surface area contributed by atoms with Crippen LogP contribution in [0.5, 0.6) is 0 Å². The lowest BCUT2D eigenvalue weighted by molar-refractivity contribution is -0.383. The number of fused-ring (bicyclic) bond motifs is 1. The zero-order chi connectivity index (χ0) is 14.3. The molecule has 2 heterocycles. The summed E-state index contributed by atoms with van der Waals surface area (Å²) in [6, 6.07) is 3.13. The molecule has 0 radical (unpaired) electrons. The summed E-state index contributed by atoms with van der Waals surface area (Å²) in [4.78, 5) is 12.6. The van der Waals surface area contributed by atoms with Crippen molar-refractivity contribution >= 4 is 22.4 Å². The molecular weight excluding hydrogens is 264 g/mol. The summed E-state index contributed by atoms with van der Waals surface area (Å²) in [5, 5.41) is 18.4. The zero-order valence-electron chi connectivity index (χ0n) is 11.1. The van der Waals surface area contributed by atoms with Crippen LogP contribution in [-0.4, -0.2) is 40.5 Å². The zero-order valence-corrected chi connectivity index (χ0v) is 11.1. The maximum atomic E-state index is 11.0. The van der Waals surface area contributed by atoms with Gasteiger partial charge in [-0.2, -0.15) is 0 Å². The third-order valence-corrected chi connectivity index (χ3v) is 3.33. The second-order valence-corrected chi connectivity index (χ2v) is 4.98. The molecule has 8 nitrogen and oxygen atoms in total. The average molecular weight is 278 g/mol. The van der Waals surface area contributed by atoms with Crippen LogP contribution in [0.15, 0.2) is 16.8 Å². The minimum Gasteiger partial charge on any atom is -0.372 e. The first kappa shape index (κ1) is 12.8. The summed E-state index contributed by atoms with van der Waals surface area (Å²) >= 11 is 0. The van der Waals surface area contributed by atoms with E-state index in [-0.39, 0.29) is 23.4 Å². The van der Waals surface area contributed by atoms with Crippen LogP contribution in [0.2, 0.25) is 0 Å². The standard InChI is InChI=1S/C12H14N4O4/c1-7-5-15(6-8(2)19-7)9-3-4-10(16(17)18)12-11(9)13-20-14-12/h3-4,7-8H,5-6H2,1-2H3. The van der Waals surface area contributed by atoms with Gasteiger partial charge >= 0.3 is 5.69 Å². The van der Waals surface area contributed by atoms with Crippen molar-refractivity contribution in [2.45, 2.75) is 26.1 Å². The fourth-order valence-corrected chi connectivity index (χ4v) is 2.62. The number of aromatic nitrogens is 2. The second-order valence-electron chi connectivity index (χ2n) is 4.98. The third-order valence-electron chi connectivity index (χ3n) is 3.33. The quantitative estimate of drug-likeness (QED) is 0.610. The van der Waals surface area contributed by atoms with Crippen LogP contribution >= 0.6 is 0 Å². The van der Waals surface area contributed by atoms with Gasteiger partial charge in [0, 0.05) is 19.2 Å². The molecule has 106 valence electrons. The fourth-order valence-electron chi connectivity index (χ4n) is 2.62. The lowest BCUT2D eigenvalue weighted by atomic mass is 10.1. The number of hydrogen-bond donors (Lipinski definition) is 0. The number of rotatable bonds is 2. The van der Waals surface area contributed by atoms with Crippen molar-refractivity contribution in [3.63, 3.8) is 0 Å². The number of non-ortho nitro benzene ring substituents is 1. The maximum Gasteiger partial charge on any atom is 0.300 e. The smallest absolute Gasteiger partial charge is 0.300 e. The fraction of sp³-hybridized carbons (Fsp3) is 0.500. The van der Waals surface area contributed by atoms with E-state index in [1.807, 2.05) is 13.8 Å². The topological polar surface area (TPSA) is 94.5 Å². The largest absolute Gasteiger partial charge is 0.372 e. The van der Waals surface area contributed by atoms with E-state index in [9.17, 15) is 10.1 Å². The monoisotopic (exact) mass is 278 g/mol. The number of benzene rings is 1. The van der Waals surface area contributed by atoms with Crippen LogP contribution in [0, 0.1) is 10.1 Å². The summed E-state index contributed by atoms with van der Waals surface area (Å²) < 4.78 is 10.4. The molecule has 1 aliphatic rings. The molecule has 3 rings (SSSR count). The predicted molar refractivity (Wildman–Crippen MR) is 70.7 cm³/mol. The maximum absolute atomic E-state index is 11.0. The second kappa shape index (κ2) is 4.71. The molecule has 0 bridgehead atoms. The number of morpholine rings is 1. The molecule has 2 aromatic rings. The first-order valence-electron chi connectivity index (χ1n) is 6.36. The molecule has 0 N–H and O–H groups in total. The number of nitro benzene ring substituents is 1. The van der Waals surface area contributed by atoms with Gasteiger partial charge in [0.1, 0.15) is 0 Å². The van der Waals surface area contributed by atoms with Crippen molar-refractivity contribution in [1.29, 1.82) is 0 Å². The number of nitro groups is 1. The summed E-state index contributed by atoms with van der Waals surface area (Å²) in [6.45, 7) is 5.38. The van der Waals surface area contributed by atoms with Crippen molar-refractivity contribution in [1.82, 2.24) is 10.3 Å². The Bertz CT molecular complexity index is 646. The van der Waals surface area contributed by atoms with Crippen molar-refractivity contribution in [2.24, 2.45) is 0 Å². The predicted octanol–water partition coefficient (Wildman–Crippen LogP) is 1.74. The summed E-state index contributed by atoms with van der Waals surface area (Å²) in [6.07, 6.45) is 0.174. The van der Waals surface area contributed by atoms with Gasteiger partial charge in [0.15, 0.2) is 5.52 Å². The highest BCUT2D eigenvalue weighted by Gasteiger charge is 2.27. The van der Waals surface area contributed by atoms with Crippen molar-refractivity contribution in [2.75, 3.05) is 18.0 Å². The Hall–Kier alpha value is -2.22. The average Bonchev–Trinajstić information content (AvgIpc) is 2.84. The summed E-state index contributed by atoms with van der Waals surface area (Å²) in [5.41, 5.74) is 1.29. The Kier molecular flexibility index (Phi) is 3.01. The number of hydrogen-bond acceptors (Lipinski definition) is 7. The lowest BCUT2D eigenvalue weighted by Gasteiger charge is -2.36. The lowest BCUT2D eigenvalue weighted by Crippen LogP contribution is -2.45. The van der Waals surface area contributed by atoms with E-state index in [2.05, 4.69) is 19.8 Å². The van der Waals surface area contributed by atoms with Crippen LogP contribution < -0.4 is 4.90 Å². The van der Waals surface area contributed by atoms with Gasteiger partial charge in [-0.3, -0.25) is 10.1 Å². The van der Waals surface area contributed by atoms with Gasteiger partial charge in [-0.05, 0) is 30.2 Å². The minimum absolute atomic E-state index is 0.0869. The molecule has 0 saturated carbocycles. The SMILES string of the molecule is CC1CN(c2ccc([N+](=O)[O-])c3nonc23)CC(C)O1. The highest BCUT2D eigenvalue weighted by Crippen LogP contribution is 2.32. The van der Waals surface area contributed by atoms with Gasteiger partial charge in [-0.15, -0.1) is 0 Å². The van der Waals surface area contributed by atoms with Crippen molar-refractivity contribution < 1.29 is 14.3 Å². The summed E-state index contributed by atoms with van der Waals surface area (Å²) in [7, 11) is 0. The third kappa shape index (κ3) is 2.07. The van der Waals surface area contributed by atoms with E-state index < -0.39 is 4.92 Å². The van der Waals surface area contributed by atoms with Gasteiger partial charge in [-0.25, -0.2) is 4.63 Å². The molecule has 8 heteroatoms. The highest BCUT2D eigenvalue weighted by molar-refractivity contribution is 5.93. The molecule has 1 aromatic carbocycles. The van der Waals surface area contributed by atoms with E-state index in [0.717, 1.165) is 5.69 Å². The van der Waals surface area contributed by atoms with E-state index >= 15 is 0 Å². The molecular formula is C12H14N4O4. The Morgan fingerprint density at radius 3 is 2.55 bits per heavy atom. The van der Waals surface area contributed by atoms with Gasteiger partial charge in [0.2, 0.25) is 5.52 Å².